The molecule has 2 aliphatic heterocycles. The zero-order chi connectivity index (χ0) is 20.1. The first-order valence-corrected chi connectivity index (χ1v) is 11.6. The predicted octanol–water partition coefficient (Wildman–Crippen LogP) is 5.93. The summed E-state index contributed by atoms with van der Waals surface area (Å²) < 4.78 is 6.54. The van der Waals surface area contributed by atoms with E-state index in [1.807, 2.05) is 11.8 Å². The van der Waals surface area contributed by atoms with Gasteiger partial charge in [-0.05, 0) is 30.9 Å². The number of nitrogens with one attached hydrogen (secondary N) is 1. The first kappa shape index (κ1) is 18.1. The van der Waals surface area contributed by atoms with E-state index in [1.165, 1.54) is 47.3 Å². The summed E-state index contributed by atoms with van der Waals surface area (Å²) in [6.45, 7) is 2.97. The molecule has 1 N–H and O–H groups in total. The van der Waals surface area contributed by atoms with Gasteiger partial charge in [0.1, 0.15) is 0 Å². The van der Waals surface area contributed by atoms with Gasteiger partial charge in [-0.3, -0.25) is 5.10 Å². The Morgan fingerprint density at radius 2 is 1.77 bits per heavy atom. The lowest BCUT2D eigenvalue weighted by Crippen LogP contribution is -2.40. The second-order valence-electron chi connectivity index (χ2n) is 8.51. The van der Waals surface area contributed by atoms with E-state index in [2.05, 4.69) is 82.7 Å². The van der Waals surface area contributed by atoms with Gasteiger partial charge in [-0.2, -0.15) is 0 Å². The molecule has 1 atom stereocenters. The van der Waals surface area contributed by atoms with E-state index in [9.17, 15) is 0 Å². The molecule has 152 valence electrons. The Hall–Kier alpha value is -2.66. The predicted molar refractivity (Wildman–Crippen MR) is 120 cm³/mol. The topological polar surface area (TPSA) is 41.1 Å². The lowest BCUT2D eigenvalue weighted by molar-refractivity contribution is 0.137. The van der Waals surface area contributed by atoms with E-state index in [0.29, 0.717) is 0 Å². The van der Waals surface area contributed by atoms with Crippen LogP contribution < -0.4 is 4.74 Å². The summed E-state index contributed by atoms with van der Waals surface area (Å²) in [7, 11) is 0. The molecule has 30 heavy (non-hydrogen) atoms. The van der Waals surface area contributed by atoms with Crippen molar-refractivity contribution in [3.63, 3.8) is 0 Å². The molecule has 3 heterocycles. The molecule has 6 rings (SSSR count). The monoisotopic (exact) mass is 415 g/mol. The average Bonchev–Trinajstić information content (AvgIpc) is 3.48. The van der Waals surface area contributed by atoms with Crippen LogP contribution in [0.3, 0.4) is 0 Å². The van der Waals surface area contributed by atoms with E-state index in [-0.39, 0.29) is 10.8 Å². The van der Waals surface area contributed by atoms with Crippen molar-refractivity contribution >= 4 is 11.8 Å². The van der Waals surface area contributed by atoms with E-state index in [4.69, 9.17) is 4.74 Å². The Balaban J connectivity index is 1.50. The molecule has 0 bridgehead atoms. The number of hydrogen-bond donors (Lipinski definition) is 1. The number of benzene rings is 2. The molecule has 2 aromatic carbocycles. The minimum absolute atomic E-state index is 0.0919. The number of aromatic nitrogens is 2. The molecule has 0 saturated heterocycles. The van der Waals surface area contributed by atoms with Crippen molar-refractivity contribution in [3.05, 3.63) is 93.8 Å². The molecule has 0 radical (unpaired) electrons. The first-order chi connectivity index (χ1) is 14.8. The van der Waals surface area contributed by atoms with Crippen molar-refractivity contribution in [1.82, 2.24) is 15.1 Å². The second kappa shape index (κ2) is 6.95. The van der Waals surface area contributed by atoms with E-state index in [1.54, 1.807) is 0 Å². The van der Waals surface area contributed by atoms with Crippen LogP contribution >= 0.6 is 11.8 Å². The van der Waals surface area contributed by atoms with Gasteiger partial charge in [0.15, 0.2) is 0 Å². The van der Waals surface area contributed by atoms with Gasteiger partial charge in [-0.15, -0.1) is 5.10 Å². The van der Waals surface area contributed by atoms with Crippen molar-refractivity contribution in [2.24, 2.45) is 0 Å². The molecule has 3 aliphatic rings. The van der Waals surface area contributed by atoms with E-state index in [0.717, 1.165) is 24.0 Å². The zero-order valence-corrected chi connectivity index (χ0v) is 17.9. The molecule has 1 aromatic heterocycles. The van der Waals surface area contributed by atoms with Crippen LogP contribution in [0.4, 0.5) is 0 Å². The number of aromatic amines is 1. The molecular weight excluding hydrogens is 390 g/mol. The fourth-order valence-corrected chi connectivity index (χ4v) is 6.98. The SMILES string of the molecule is Cc1[nH]nc2c1C(c1ccccc1)C1=C(O2)N(Cc2ccccc2)C2(CCCC2)S1. The summed E-state index contributed by atoms with van der Waals surface area (Å²) >= 11 is 2.05. The third-order valence-corrected chi connectivity index (χ3v) is 8.29. The van der Waals surface area contributed by atoms with Crippen molar-refractivity contribution in [3.8, 4) is 5.88 Å². The van der Waals surface area contributed by atoms with Crippen LogP contribution in [-0.2, 0) is 6.54 Å². The number of rotatable bonds is 3. The second-order valence-corrected chi connectivity index (χ2v) is 9.91. The van der Waals surface area contributed by atoms with Crippen LogP contribution in [0.5, 0.6) is 5.88 Å². The fraction of sp³-hybridized carbons (Fsp3) is 0.320. The Morgan fingerprint density at radius 3 is 2.50 bits per heavy atom. The van der Waals surface area contributed by atoms with Gasteiger partial charge >= 0.3 is 0 Å². The van der Waals surface area contributed by atoms with Crippen LogP contribution in [0.25, 0.3) is 0 Å². The number of thioether (sulfide) groups is 1. The number of allylic oxidation sites excluding steroid dienone is 1. The fourth-order valence-electron chi connectivity index (χ4n) is 5.21. The molecule has 4 nitrogen and oxygen atoms in total. The highest BCUT2D eigenvalue weighted by Gasteiger charge is 2.53. The standard InChI is InChI=1S/C25H25N3OS/c1-17-20-21(19-12-6-3-7-13-19)22-24(29-23(20)27-26-17)28(16-18-10-4-2-5-11-18)25(30-22)14-8-9-15-25/h2-7,10-13,21H,8-9,14-16H2,1H3,(H,26,27). The third kappa shape index (κ3) is 2.72. The van der Waals surface area contributed by atoms with Crippen LogP contribution in [-0.4, -0.2) is 20.0 Å². The molecule has 5 heteroatoms. The molecule has 1 saturated carbocycles. The van der Waals surface area contributed by atoms with Gasteiger partial charge in [0.05, 0.1) is 15.7 Å². The highest BCUT2D eigenvalue weighted by molar-refractivity contribution is 8.04. The first-order valence-electron chi connectivity index (χ1n) is 10.8. The number of H-pyrrole nitrogens is 1. The lowest BCUT2D eigenvalue weighted by atomic mass is 9.89. The van der Waals surface area contributed by atoms with Crippen LogP contribution in [0, 0.1) is 6.92 Å². The van der Waals surface area contributed by atoms with Crippen LogP contribution in [0.1, 0.15) is 54.0 Å². The number of fused-ring (bicyclic) bond motifs is 1. The van der Waals surface area contributed by atoms with Gasteiger partial charge in [0.25, 0.3) is 0 Å². The summed E-state index contributed by atoms with van der Waals surface area (Å²) in [6.07, 6.45) is 4.95. The number of ether oxygens (including phenoxy) is 1. The van der Waals surface area contributed by atoms with Gasteiger partial charge in [0.2, 0.25) is 11.8 Å². The summed E-state index contributed by atoms with van der Waals surface area (Å²) in [5, 5.41) is 7.70. The van der Waals surface area contributed by atoms with E-state index < -0.39 is 0 Å². The van der Waals surface area contributed by atoms with Crippen LogP contribution in [0.15, 0.2) is 71.5 Å². The average molecular weight is 416 g/mol. The molecule has 1 spiro atoms. The van der Waals surface area contributed by atoms with Gasteiger partial charge in [-0.1, -0.05) is 85.3 Å². The summed E-state index contributed by atoms with van der Waals surface area (Å²) in [5.74, 6) is 1.92. The van der Waals surface area contributed by atoms with Gasteiger partial charge in [-0.25, -0.2) is 0 Å². The van der Waals surface area contributed by atoms with Crippen LogP contribution in [0.2, 0.25) is 0 Å². The normalized spacial score (nSPS) is 21.6. The zero-order valence-electron chi connectivity index (χ0n) is 17.1. The highest BCUT2D eigenvalue weighted by atomic mass is 32.2. The van der Waals surface area contributed by atoms with Crippen molar-refractivity contribution < 1.29 is 4.74 Å². The van der Waals surface area contributed by atoms with Crippen molar-refractivity contribution in [2.75, 3.05) is 0 Å². The minimum Gasteiger partial charge on any atom is -0.420 e. The largest absolute Gasteiger partial charge is 0.420 e. The lowest BCUT2D eigenvalue weighted by Gasteiger charge is -2.37. The summed E-state index contributed by atoms with van der Waals surface area (Å²) in [4.78, 5) is 3.98. The number of hydrogen-bond acceptors (Lipinski definition) is 4. The molecule has 3 aromatic rings. The smallest absolute Gasteiger partial charge is 0.244 e. The Labute approximate surface area is 181 Å². The Morgan fingerprint density at radius 1 is 1.07 bits per heavy atom. The molecule has 0 amide bonds. The number of nitrogens with zero attached hydrogens (tertiary/aromatic N) is 2. The third-order valence-electron chi connectivity index (χ3n) is 6.65. The minimum atomic E-state index is 0.0919. The maximum Gasteiger partial charge on any atom is 0.244 e. The molecular formula is C25H25N3OS. The van der Waals surface area contributed by atoms with E-state index >= 15 is 0 Å². The van der Waals surface area contributed by atoms with Crippen molar-refractivity contribution in [1.29, 1.82) is 0 Å². The molecule has 1 aliphatic carbocycles. The highest BCUT2D eigenvalue weighted by Crippen LogP contribution is 2.62. The van der Waals surface area contributed by atoms with Gasteiger partial charge in [0, 0.05) is 17.8 Å². The molecule has 1 unspecified atom stereocenters. The maximum atomic E-state index is 6.54. The Bertz CT molecular complexity index is 1100. The summed E-state index contributed by atoms with van der Waals surface area (Å²) in [5.41, 5.74) is 4.90. The Kier molecular flexibility index (Phi) is 4.20. The van der Waals surface area contributed by atoms with Gasteiger partial charge < -0.3 is 9.64 Å². The quantitative estimate of drug-likeness (QED) is 0.575. The maximum absolute atomic E-state index is 6.54. The number of aryl methyl sites for hydroxylation is 1. The summed E-state index contributed by atoms with van der Waals surface area (Å²) in [6, 6.07) is 21.6. The van der Waals surface area contributed by atoms with Crippen molar-refractivity contribution in [2.45, 2.75) is 49.9 Å². The molecule has 1 fully saturated rings.